The smallest absolute Gasteiger partial charge is 0.216 e. The number of hydrogen-bond donors (Lipinski definition) is 3. The number of rotatable bonds is 10. The monoisotopic (exact) mass is 416 g/mol. The first-order valence-electron chi connectivity index (χ1n) is 9.95. The molecule has 0 amide bonds. The molecular weight excluding hydrogens is 384 g/mol. The lowest BCUT2D eigenvalue weighted by Gasteiger charge is -2.15. The standard InChI is InChI=1S/C22H32N4O2S/c1-18(2)26-29(27,28)17-21-14-8-7-13-20(21)16-25-22(23-3)24-15-9-12-19-10-5-4-6-11-19/h4-8,10-11,13-14,18,26H,9,12,15-17H2,1-3H3,(H2,23,24,25). The maximum absolute atomic E-state index is 12.3. The highest BCUT2D eigenvalue weighted by Gasteiger charge is 2.15. The fraction of sp³-hybridized carbons (Fsp3) is 0.409. The highest BCUT2D eigenvalue weighted by molar-refractivity contribution is 7.88. The van der Waals surface area contributed by atoms with Crippen LogP contribution in [0.3, 0.4) is 0 Å². The van der Waals surface area contributed by atoms with Gasteiger partial charge in [-0.05, 0) is 43.4 Å². The second kappa shape index (κ2) is 11.6. The van der Waals surface area contributed by atoms with Crippen molar-refractivity contribution in [1.82, 2.24) is 15.4 Å². The van der Waals surface area contributed by atoms with Crippen LogP contribution in [0.15, 0.2) is 59.6 Å². The average molecular weight is 417 g/mol. The molecule has 0 fully saturated rings. The molecule has 0 saturated carbocycles. The van der Waals surface area contributed by atoms with Gasteiger partial charge in [0.2, 0.25) is 10.0 Å². The molecule has 2 rings (SSSR count). The minimum Gasteiger partial charge on any atom is -0.356 e. The Labute approximate surface area is 174 Å². The maximum atomic E-state index is 12.3. The summed E-state index contributed by atoms with van der Waals surface area (Å²) in [6.07, 6.45) is 2.01. The van der Waals surface area contributed by atoms with Crippen molar-refractivity contribution in [1.29, 1.82) is 0 Å². The van der Waals surface area contributed by atoms with E-state index in [1.165, 1.54) is 5.56 Å². The lowest BCUT2D eigenvalue weighted by molar-refractivity contribution is 0.568. The Morgan fingerprint density at radius 1 is 0.966 bits per heavy atom. The van der Waals surface area contributed by atoms with Gasteiger partial charge in [-0.2, -0.15) is 0 Å². The first-order valence-corrected chi connectivity index (χ1v) is 11.6. The van der Waals surface area contributed by atoms with Gasteiger partial charge in [0.25, 0.3) is 0 Å². The zero-order valence-corrected chi connectivity index (χ0v) is 18.3. The van der Waals surface area contributed by atoms with Crippen LogP contribution in [0.5, 0.6) is 0 Å². The second-order valence-electron chi connectivity index (χ2n) is 7.24. The molecule has 0 heterocycles. The van der Waals surface area contributed by atoms with Gasteiger partial charge < -0.3 is 10.6 Å². The molecule has 0 spiro atoms. The summed E-state index contributed by atoms with van der Waals surface area (Å²) >= 11 is 0. The van der Waals surface area contributed by atoms with E-state index in [1.807, 2.05) is 44.2 Å². The van der Waals surface area contributed by atoms with E-state index in [0.29, 0.717) is 12.5 Å². The predicted octanol–water partition coefficient (Wildman–Crippen LogP) is 2.81. The quantitative estimate of drug-likeness (QED) is 0.316. The van der Waals surface area contributed by atoms with Crippen molar-refractivity contribution in [2.24, 2.45) is 4.99 Å². The van der Waals surface area contributed by atoms with Crippen molar-refractivity contribution in [3.63, 3.8) is 0 Å². The summed E-state index contributed by atoms with van der Waals surface area (Å²) in [5, 5.41) is 6.59. The van der Waals surface area contributed by atoms with E-state index in [0.717, 1.165) is 30.5 Å². The second-order valence-corrected chi connectivity index (χ2v) is 9.00. The third-order valence-corrected chi connectivity index (χ3v) is 5.85. The summed E-state index contributed by atoms with van der Waals surface area (Å²) in [7, 11) is -1.64. The number of nitrogens with one attached hydrogen (secondary N) is 3. The Kier molecular flexibility index (Phi) is 9.15. The zero-order valence-electron chi connectivity index (χ0n) is 17.5. The van der Waals surface area contributed by atoms with Crippen LogP contribution in [-0.2, 0) is 28.7 Å². The maximum Gasteiger partial charge on any atom is 0.216 e. The predicted molar refractivity (Wildman–Crippen MR) is 120 cm³/mol. The van der Waals surface area contributed by atoms with Crippen molar-refractivity contribution in [2.45, 2.75) is 45.0 Å². The van der Waals surface area contributed by atoms with E-state index in [-0.39, 0.29) is 11.8 Å². The normalized spacial score (nSPS) is 12.2. The van der Waals surface area contributed by atoms with Gasteiger partial charge in [0.1, 0.15) is 0 Å². The van der Waals surface area contributed by atoms with E-state index < -0.39 is 10.0 Å². The van der Waals surface area contributed by atoms with Crippen molar-refractivity contribution in [2.75, 3.05) is 13.6 Å². The fourth-order valence-corrected chi connectivity index (χ4v) is 4.51. The van der Waals surface area contributed by atoms with Gasteiger partial charge in [-0.1, -0.05) is 54.6 Å². The molecule has 0 saturated heterocycles. The van der Waals surface area contributed by atoms with E-state index in [2.05, 4.69) is 44.6 Å². The van der Waals surface area contributed by atoms with Crippen LogP contribution in [0.4, 0.5) is 0 Å². The summed E-state index contributed by atoms with van der Waals surface area (Å²) in [6, 6.07) is 17.8. The molecule has 0 aliphatic carbocycles. The number of sulfonamides is 1. The third-order valence-electron chi connectivity index (χ3n) is 4.33. The summed E-state index contributed by atoms with van der Waals surface area (Å²) in [4.78, 5) is 4.26. The number of hydrogen-bond acceptors (Lipinski definition) is 3. The van der Waals surface area contributed by atoms with Crippen LogP contribution >= 0.6 is 0 Å². The molecule has 29 heavy (non-hydrogen) atoms. The van der Waals surface area contributed by atoms with Crippen LogP contribution in [0.2, 0.25) is 0 Å². The summed E-state index contributed by atoms with van der Waals surface area (Å²) in [5.74, 6) is 0.669. The first kappa shape index (κ1) is 22.9. The van der Waals surface area contributed by atoms with Crippen molar-refractivity contribution in [3.05, 3.63) is 71.3 Å². The van der Waals surface area contributed by atoms with Gasteiger partial charge in [0.15, 0.2) is 5.96 Å². The zero-order chi connectivity index (χ0) is 21.1. The molecule has 6 nitrogen and oxygen atoms in total. The molecule has 0 atom stereocenters. The van der Waals surface area contributed by atoms with E-state index >= 15 is 0 Å². The molecule has 158 valence electrons. The number of aliphatic imine (C=N–C) groups is 1. The van der Waals surface area contributed by atoms with E-state index in [4.69, 9.17) is 0 Å². The number of nitrogens with zero attached hydrogens (tertiary/aromatic N) is 1. The topological polar surface area (TPSA) is 82.6 Å². The van der Waals surface area contributed by atoms with Crippen LogP contribution < -0.4 is 15.4 Å². The lowest BCUT2D eigenvalue weighted by Crippen LogP contribution is -2.37. The first-order chi connectivity index (χ1) is 13.9. The van der Waals surface area contributed by atoms with Crippen LogP contribution in [-0.4, -0.2) is 34.0 Å². The summed E-state index contributed by atoms with van der Waals surface area (Å²) in [5.41, 5.74) is 3.05. The third kappa shape index (κ3) is 8.66. The number of aryl methyl sites for hydroxylation is 1. The minimum absolute atomic E-state index is 0.0356. The molecule has 2 aromatic carbocycles. The molecule has 3 N–H and O–H groups in total. The van der Waals surface area contributed by atoms with Crippen molar-refractivity contribution < 1.29 is 8.42 Å². The molecule has 0 bridgehead atoms. The largest absolute Gasteiger partial charge is 0.356 e. The van der Waals surface area contributed by atoms with Gasteiger partial charge in [0.05, 0.1) is 5.75 Å². The molecular formula is C22H32N4O2S. The van der Waals surface area contributed by atoms with Gasteiger partial charge in [-0.3, -0.25) is 4.99 Å². The van der Waals surface area contributed by atoms with E-state index in [9.17, 15) is 8.42 Å². The van der Waals surface area contributed by atoms with Gasteiger partial charge in [-0.15, -0.1) is 0 Å². The molecule has 0 radical (unpaired) electrons. The Balaban J connectivity index is 1.86. The van der Waals surface area contributed by atoms with Gasteiger partial charge in [0, 0.05) is 26.2 Å². The fourth-order valence-electron chi connectivity index (χ4n) is 3.02. The lowest BCUT2D eigenvalue weighted by atomic mass is 10.1. The Morgan fingerprint density at radius 2 is 1.62 bits per heavy atom. The molecule has 7 heteroatoms. The average Bonchev–Trinajstić information content (AvgIpc) is 2.68. The SMILES string of the molecule is CN=C(NCCCc1ccccc1)NCc1ccccc1CS(=O)(=O)NC(C)C. The molecule has 0 aromatic heterocycles. The Morgan fingerprint density at radius 3 is 2.28 bits per heavy atom. The number of guanidine groups is 1. The van der Waals surface area contributed by atoms with Crippen molar-refractivity contribution >= 4 is 16.0 Å². The molecule has 0 unspecified atom stereocenters. The highest BCUT2D eigenvalue weighted by Crippen LogP contribution is 2.12. The number of benzene rings is 2. The summed E-state index contributed by atoms with van der Waals surface area (Å²) < 4.78 is 27.2. The molecule has 0 aliphatic heterocycles. The molecule has 2 aromatic rings. The van der Waals surface area contributed by atoms with Crippen LogP contribution in [0.25, 0.3) is 0 Å². The summed E-state index contributed by atoms with van der Waals surface area (Å²) in [6.45, 7) is 4.95. The van der Waals surface area contributed by atoms with Crippen LogP contribution in [0, 0.1) is 0 Å². The van der Waals surface area contributed by atoms with Crippen molar-refractivity contribution in [3.8, 4) is 0 Å². The highest BCUT2D eigenvalue weighted by atomic mass is 32.2. The Bertz CT molecular complexity index is 881. The van der Waals surface area contributed by atoms with Crippen LogP contribution in [0.1, 0.15) is 37.0 Å². The Hall–Kier alpha value is -2.38. The van der Waals surface area contributed by atoms with E-state index in [1.54, 1.807) is 7.05 Å². The van der Waals surface area contributed by atoms with Gasteiger partial charge in [-0.25, -0.2) is 13.1 Å². The van der Waals surface area contributed by atoms with Gasteiger partial charge >= 0.3 is 0 Å². The molecule has 0 aliphatic rings. The minimum atomic E-state index is -3.37.